The highest BCUT2D eigenvalue weighted by molar-refractivity contribution is 7.89. The third-order valence-corrected chi connectivity index (χ3v) is 5.58. The molecule has 1 aromatic heterocycles. The Hall–Kier alpha value is -1.28. The van der Waals surface area contributed by atoms with Crippen molar-refractivity contribution in [3.8, 4) is 0 Å². The fraction of sp³-hybridized carbons (Fsp3) is 0.286. The van der Waals surface area contributed by atoms with E-state index in [0.717, 1.165) is 16.5 Å². The number of sulfonamides is 1. The molecule has 0 aliphatic rings. The molecule has 0 spiro atoms. The lowest BCUT2D eigenvalue weighted by Crippen LogP contribution is -2.25. The maximum absolute atomic E-state index is 13.4. The average molecular weight is 328 g/mol. The minimum atomic E-state index is -3.75. The summed E-state index contributed by atoms with van der Waals surface area (Å²) in [6, 6.07) is 5.73. The molecule has 0 aliphatic heterocycles. The fourth-order valence-corrected chi connectivity index (χ4v) is 4.12. The van der Waals surface area contributed by atoms with Crippen LogP contribution in [-0.2, 0) is 23.1 Å². The van der Waals surface area contributed by atoms with Crippen LogP contribution < -0.4 is 10.0 Å². The molecule has 21 heavy (non-hydrogen) atoms. The number of halogens is 1. The Balaban J connectivity index is 2.26. The summed E-state index contributed by atoms with van der Waals surface area (Å²) in [6.45, 7) is 2.49. The molecule has 2 rings (SSSR count). The highest BCUT2D eigenvalue weighted by Gasteiger charge is 2.19. The van der Waals surface area contributed by atoms with E-state index in [1.807, 2.05) is 18.4 Å². The van der Waals surface area contributed by atoms with Gasteiger partial charge in [0, 0.05) is 18.0 Å². The Morgan fingerprint density at radius 3 is 2.62 bits per heavy atom. The van der Waals surface area contributed by atoms with Crippen molar-refractivity contribution in [2.75, 3.05) is 7.05 Å². The molecule has 1 heterocycles. The number of hydrogen-bond donors (Lipinski definition) is 2. The van der Waals surface area contributed by atoms with Crippen LogP contribution in [0.3, 0.4) is 0 Å². The number of thiophene rings is 1. The van der Waals surface area contributed by atoms with E-state index in [1.165, 1.54) is 23.5 Å². The van der Waals surface area contributed by atoms with Gasteiger partial charge in [-0.25, -0.2) is 17.5 Å². The normalized spacial score (nSPS) is 11.8. The molecule has 0 unspecified atom stereocenters. The van der Waals surface area contributed by atoms with Crippen LogP contribution in [-0.4, -0.2) is 15.5 Å². The van der Waals surface area contributed by atoms with Gasteiger partial charge in [0.1, 0.15) is 5.82 Å². The van der Waals surface area contributed by atoms with Crippen LogP contribution in [0.25, 0.3) is 0 Å². The molecule has 0 amide bonds. The first-order valence-electron chi connectivity index (χ1n) is 6.39. The SMILES string of the molecule is CNCc1ccc(F)cc1S(=O)(=O)NCc1sccc1C. The molecule has 0 saturated heterocycles. The number of rotatable bonds is 6. The number of aryl methyl sites for hydroxylation is 1. The van der Waals surface area contributed by atoms with Crippen molar-refractivity contribution in [3.05, 3.63) is 51.5 Å². The van der Waals surface area contributed by atoms with E-state index in [9.17, 15) is 12.8 Å². The van der Waals surface area contributed by atoms with Crippen LogP contribution in [0.1, 0.15) is 16.0 Å². The van der Waals surface area contributed by atoms with Crippen molar-refractivity contribution >= 4 is 21.4 Å². The number of nitrogens with one attached hydrogen (secondary N) is 2. The minimum absolute atomic E-state index is 0.0222. The van der Waals surface area contributed by atoms with Crippen LogP contribution in [0.15, 0.2) is 34.5 Å². The van der Waals surface area contributed by atoms with Gasteiger partial charge in [0.15, 0.2) is 0 Å². The Morgan fingerprint density at radius 2 is 2.00 bits per heavy atom. The minimum Gasteiger partial charge on any atom is -0.316 e. The molecule has 0 radical (unpaired) electrons. The van der Waals surface area contributed by atoms with E-state index in [1.54, 1.807) is 7.05 Å². The van der Waals surface area contributed by atoms with Crippen molar-refractivity contribution in [1.82, 2.24) is 10.0 Å². The second-order valence-corrected chi connectivity index (χ2v) is 7.37. The lowest BCUT2D eigenvalue weighted by Gasteiger charge is -2.11. The average Bonchev–Trinajstić information content (AvgIpc) is 2.84. The van der Waals surface area contributed by atoms with Gasteiger partial charge < -0.3 is 5.32 Å². The third kappa shape index (κ3) is 3.88. The van der Waals surface area contributed by atoms with Crippen LogP contribution in [0.4, 0.5) is 4.39 Å². The predicted octanol–water partition coefficient (Wildman–Crippen LogP) is 2.39. The highest BCUT2D eigenvalue weighted by atomic mass is 32.2. The van der Waals surface area contributed by atoms with Crippen molar-refractivity contribution in [3.63, 3.8) is 0 Å². The Morgan fingerprint density at radius 1 is 1.24 bits per heavy atom. The van der Waals surface area contributed by atoms with Gasteiger partial charge in [0.2, 0.25) is 10.0 Å². The summed E-state index contributed by atoms with van der Waals surface area (Å²) in [4.78, 5) is 0.927. The molecule has 7 heteroatoms. The van der Waals surface area contributed by atoms with E-state index in [4.69, 9.17) is 0 Å². The van der Waals surface area contributed by atoms with Gasteiger partial charge in [-0.1, -0.05) is 6.07 Å². The summed E-state index contributed by atoms with van der Waals surface area (Å²) in [5.74, 6) is -0.567. The van der Waals surface area contributed by atoms with E-state index >= 15 is 0 Å². The number of hydrogen-bond acceptors (Lipinski definition) is 4. The highest BCUT2D eigenvalue weighted by Crippen LogP contribution is 2.20. The van der Waals surface area contributed by atoms with E-state index in [2.05, 4.69) is 10.0 Å². The molecular formula is C14H17FN2O2S2. The van der Waals surface area contributed by atoms with Gasteiger partial charge in [0.25, 0.3) is 0 Å². The molecule has 0 aliphatic carbocycles. The summed E-state index contributed by atoms with van der Waals surface area (Å²) in [5.41, 5.74) is 1.58. The van der Waals surface area contributed by atoms with Gasteiger partial charge in [-0.2, -0.15) is 0 Å². The predicted molar refractivity (Wildman–Crippen MR) is 82.2 cm³/mol. The molecule has 1 aromatic carbocycles. The van der Waals surface area contributed by atoms with E-state index < -0.39 is 15.8 Å². The quantitative estimate of drug-likeness (QED) is 0.856. The topological polar surface area (TPSA) is 58.2 Å². The first-order chi connectivity index (χ1) is 9.94. The summed E-state index contributed by atoms with van der Waals surface area (Å²) < 4.78 is 40.7. The first kappa shape index (κ1) is 16.1. The Bertz CT molecular complexity index is 726. The smallest absolute Gasteiger partial charge is 0.241 e. The van der Waals surface area contributed by atoms with Crippen LogP contribution in [0.5, 0.6) is 0 Å². The molecule has 0 bridgehead atoms. The largest absolute Gasteiger partial charge is 0.316 e. The van der Waals surface area contributed by atoms with Crippen molar-refractivity contribution in [2.45, 2.75) is 24.9 Å². The fourth-order valence-electron chi connectivity index (χ4n) is 1.94. The molecular weight excluding hydrogens is 311 g/mol. The summed E-state index contributed by atoms with van der Waals surface area (Å²) in [7, 11) is -2.04. The van der Waals surface area contributed by atoms with E-state index in [-0.39, 0.29) is 11.4 Å². The zero-order chi connectivity index (χ0) is 15.5. The second kappa shape index (κ2) is 6.65. The van der Waals surface area contributed by atoms with Crippen LogP contribution >= 0.6 is 11.3 Å². The van der Waals surface area contributed by atoms with Gasteiger partial charge in [-0.05, 0) is 48.7 Å². The van der Waals surface area contributed by atoms with Gasteiger partial charge in [-0.3, -0.25) is 0 Å². The summed E-state index contributed by atoms with van der Waals surface area (Å²) in [5, 5.41) is 4.79. The number of benzene rings is 1. The Labute approximate surface area is 128 Å². The van der Waals surface area contributed by atoms with Crippen LogP contribution in [0, 0.1) is 12.7 Å². The molecule has 0 saturated carbocycles. The zero-order valence-corrected chi connectivity index (χ0v) is 13.4. The van der Waals surface area contributed by atoms with Gasteiger partial charge in [0.05, 0.1) is 4.90 Å². The maximum atomic E-state index is 13.4. The molecule has 2 aromatic rings. The van der Waals surface area contributed by atoms with Crippen molar-refractivity contribution < 1.29 is 12.8 Å². The first-order valence-corrected chi connectivity index (χ1v) is 8.76. The van der Waals surface area contributed by atoms with Crippen molar-refractivity contribution in [1.29, 1.82) is 0 Å². The zero-order valence-electron chi connectivity index (χ0n) is 11.8. The van der Waals surface area contributed by atoms with Gasteiger partial charge in [-0.15, -0.1) is 11.3 Å². The van der Waals surface area contributed by atoms with E-state index in [0.29, 0.717) is 12.1 Å². The Kier molecular flexibility index (Phi) is 5.10. The van der Waals surface area contributed by atoms with Gasteiger partial charge >= 0.3 is 0 Å². The summed E-state index contributed by atoms with van der Waals surface area (Å²) >= 11 is 1.49. The molecule has 4 nitrogen and oxygen atoms in total. The second-order valence-electron chi connectivity index (χ2n) is 4.63. The lowest BCUT2D eigenvalue weighted by atomic mass is 10.2. The van der Waals surface area contributed by atoms with Crippen LogP contribution in [0.2, 0.25) is 0 Å². The molecule has 0 atom stereocenters. The molecule has 0 fully saturated rings. The lowest BCUT2D eigenvalue weighted by molar-refractivity contribution is 0.575. The standard InChI is InChI=1S/C14H17FN2O2S2/c1-10-5-6-20-13(10)9-17-21(18,19)14-7-12(15)4-3-11(14)8-16-2/h3-7,16-17H,8-9H2,1-2H3. The molecule has 2 N–H and O–H groups in total. The molecule has 114 valence electrons. The monoisotopic (exact) mass is 328 g/mol. The third-order valence-electron chi connectivity index (χ3n) is 3.08. The summed E-state index contributed by atoms with van der Waals surface area (Å²) in [6.07, 6.45) is 0. The van der Waals surface area contributed by atoms with Crippen molar-refractivity contribution in [2.24, 2.45) is 0 Å². The maximum Gasteiger partial charge on any atom is 0.241 e.